The molecule has 0 radical (unpaired) electrons. The highest BCUT2D eigenvalue weighted by atomic mass is 16.6. The number of aliphatic hydroxyl groups is 1. The Morgan fingerprint density at radius 1 is 2.00 bits per heavy atom. The molecule has 0 saturated carbocycles. The van der Waals surface area contributed by atoms with Crippen LogP contribution in [0.1, 0.15) is 0 Å². The van der Waals surface area contributed by atoms with Crippen LogP contribution in [0, 0.1) is 0 Å². The van der Waals surface area contributed by atoms with Gasteiger partial charge in [-0.25, -0.2) is 4.79 Å². The lowest BCUT2D eigenvalue weighted by Gasteiger charge is -1.89. The predicted octanol–water partition coefficient (Wildman–Crippen LogP) is -0.335. The molecule has 0 atom stereocenters. The van der Waals surface area contributed by atoms with Gasteiger partial charge in [0, 0.05) is 6.08 Å². The van der Waals surface area contributed by atoms with Crippen LogP contribution in [-0.4, -0.2) is 17.9 Å². The van der Waals surface area contributed by atoms with E-state index in [2.05, 4.69) is 11.3 Å². The molecule has 0 amide bonds. The van der Waals surface area contributed by atoms with Gasteiger partial charge >= 0.3 is 5.97 Å². The van der Waals surface area contributed by atoms with Gasteiger partial charge in [0.15, 0.2) is 6.79 Å². The van der Waals surface area contributed by atoms with Crippen LogP contribution in [0.15, 0.2) is 12.7 Å². The molecule has 0 heterocycles. The maximum Gasteiger partial charge on any atom is 0.332 e. The van der Waals surface area contributed by atoms with Gasteiger partial charge in [-0.05, 0) is 0 Å². The Morgan fingerprint density at radius 3 is 2.71 bits per heavy atom. The van der Waals surface area contributed by atoms with Crippen LogP contribution in [0.4, 0.5) is 0 Å². The number of carbonyl (C=O) groups is 1. The third kappa shape index (κ3) is 2.99. The van der Waals surface area contributed by atoms with E-state index in [9.17, 15) is 4.79 Å². The van der Waals surface area contributed by atoms with Crippen molar-refractivity contribution in [1.82, 2.24) is 0 Å². The monoisotopic (exact) mass is 102 g/mol. The van der Waals surface area contributed by atoms with E-state index in [0.29, 0.717) is 0 Å². The quantitative estimate of drug-likeness (QED) is 0.295. The molecule has 7 heavy (non-hydrogen) atoms. The molecule has 0 aliphatic carbocycles. The topological polar surface area (TPSA) is 46.5 Å². The van der Waals surface area contributed by atoms with Crippen molar-refractivity contribution in [3.05, 3.63) is 12.7 Å². The maximum atomic E-state index is 9.91. The van der Waals surface area contributed by atoms with E-state index in [0.717, 1.165) is 6.08 Å². The minimum Gasteiger partial charge on any atom is -0.436 e. The molecule has 3 heteroatoms. The van der Waals surface area contributed by atoms with Crippen LogP contribution in [0.25, 0.3) is 0 Å². The van der Waals surface area contributed by atoms with Gasteiger partial charge in [0.25, 0.3) is 0 Å². The summed E-state index contributed by atoms with van der Waals surface area (Å²) < 4.78 is 3.99. The van der Waals surface area contributed by atoms with Crippen molar-refractivity contribution in [3.63, 3.8) is 0 Å². The molecule has 40 valence electrons. The number of ether oxygens (including phenoxy) is 1. The molecule has 0 aromatic rings. The first-order valence-electron chi connectivity index (χ1n) is 1.71. The Hall–Kier alpha value is -0.830. The summed E-state index contributed by atoms with van der Waals surface area (Å²) in [6.45, 7) is 2.52. The lowest BCUT2D eigenvalue weighted by Crippen LogP contribution is -1.99. The summed E-state index contributed by atoms with van der Waals surface area (Å²) in [7, 11) is 0. The molecule has 1 N–H and O–H groups in total. The summed E-state index contributed by atoms with van der Waals surface area (Å²) in [4.78, 5) is 9.91. The standard InChI is InChI=1S/C4H6O3/c1-2-4(6)7-3-5/h2,5H,1,3H2. The SMILES string of the molecule is C=CC(=O)OCO. The van der Waals surface area contributed by atoms with Crippen molar-refractivity contribution in [2.45, 2.75) is 0 Å². The Kier molecular flexibility index (Phi) is 2.96. The van der Waals surface area contributed by atoms with Crippen LogP contribution < -0.4 is 0 Å². The van der Waals surface area contributed by atoms with E-state index in [1.165, 1.54) is 0 Å². The van der Waals surface area contributed by atoms with E-state index in [-0.39, 0.29) is 0 Å². The van der Waals surface area contributed by atoms with Gasteiger partial charge in [0.1, 0.15) is 0 Å². The van der Waals surface area contributed by atoms with Crippen LogP contribution in [0.2, 0.25) is 0 Å². The number of rotatable bonds is 2. The largest absolute Gasteiger partial charge is 0.436 e. The van der Waals surface area contributed by atoms with Gasteiger partial charge < -0.3 is 9.84 Å². The molecule has 0 fully saturated rings. The van der Waals surface area contributed by atoms with Gasteiger partial charge in [-0.2, -0.15) is 0 Å². The smallest absolute Gasteiger partial charge is 0.332 e. The zero-order valence-electron chi connectivity index (χ0n) is 3.76. The molecule has 0 spiro atoms. The summed E-state index contributed by atoms with van der Waals surface area (Å²) >= 11 is 0. The highest BCUT2D eigenvalue weighted by Crippen LogP contribution is 1.72. The van der Waals surface area contributed by atoms with E-state index in [4.69, 9.17) is 5.11 Å². The maximum absolute atomic E-state index is 9.91. The molecule has 0 rings (SSSR count). The summed E-state index contributed by atoms with van der Waals surface area (Å²) in [6.07, 6.45) is 0.982. The fraction of sp³-hybridized carbons (Fsp3) is 0.250. The van der Waals surface area contributed by atoms with Gasteiger partial charge in [-0.15, -0.1) is 0 Å². The van der Waals surface area contributed by atoms with Crippen molar-refractivity contribution in [2.24, 2.45) is 0 Å². The normalized spacial score (nSPS) is 7.57. The number of carbonyl (C=O) groups excluding carboxylic acids is 1. The zero-order chi connectivity index (χ0) is 5.70. The summed E-state index contributed by atoms with van der Waals surface area (Å²) in [5, 5.41) is 7.88. The third-order valence-corrected chi connectivity index (χ3v) is 0.373. The summed E-state index contributed by atoms with van der Waals surface area (Å²) in [5.74, 6) is -0.609. The first-order chi connectivity index (χ1) is 3.31. The van der Waals surface area contributed by atoms with E-state index >= 15 is 0 Å². The van der Waals surface area contributed by atoms with Crippen molar-refractivity contribution in [2.75, 3.05) is 6.79 Å². The van der Waals surface area contributed by atoms with Crippen molar-refractivity contribution >= 4 is 5.97 Å². The van der Waals surface area contributed by atoms with E-state index < -0.39 is 12.8 Å². The van der Waals surface area contributed by atoms with E-state index in [1.807, 2.05) is 0 Å². The van der Waals surface area contributed by atoms with Gasteiger partial charge in [-0.3, -0.25) is 0 Å². The average Bonchev–Trinajstić information content (AvgIpc) is 1.68. The zero-order valence-corrected chi connectivity index (χ0v) is 3.76. The van der Waals surface area contributed by atoms with Crippen molar-refractivity contribution in [3.8, 4) is 0 Å². The second-order valence-electron chi connectivity index (χ2n) is 0.797. The van der Waals surface area contributed by atoms with Crippen LogP contribution in [0.5, 0.6) is 0 Å². The summed E-state index contributed by atoms with van der Waals surface area (Å²) in [6, 6.07) is 0. The number of aliphatic hydroxyl groups excluding tert-OH is 1. The number of hydrogen-bond donors (Lipinski definition) is 1. The lowest BCUT2D eigenvalue weighted by atomic mass is 10.7. The summed E-state index contributed by atoms with van der Waals surface area (Å²) in [5.41, 5.74) is 0. The molecule has 0 aliphatic rings. The Balaban J connectivity index is 3.17. The van der Waals surface area contributed by atoms with Crippen LogP contribution >= 0.6 is 0 Å². The minimum atomic E-state index is -0.609. The molecule has 0 bridgehead atoms. The molecule has 3 nitrogen and oxygen atoms in total. The fourth-order valence-electron chi connectivity index (χ4n) is 0.123. The molecule has 0 aromatic carbocycles. The molecule has 0 aromatic heterocycles. The Morgan fingerprint density at radius 2 is 2.57 bits per heavy atom. The molecular weight excluding hydrogens is 96.0 g/mol. The second kappa shape index (κ2) is 3.36. The van der Waals surface area contributed by atoms with Crippen LogP contribution in [0.3, 0.4) is 0 Å². The second-order valence-corrected chi connectivity index (χ2v) is 0.797. The number of esters is 1. The first kappa shape index (κ1) is 6.17. The van der Waals surface area contributed by atoms with Crippen molar-refractivity contribution < 1.29 is 14.6 Å². The van der Waals surface area contributed by atoms with Crippen molar-refractivity contribution in [1.29, 1.82) is 0 Å². The number of hydrogen-bond acceptors (Lipinski definition) is 3. The van der Waals surface area contributed by atoms with Gasteiger partial charge in [-0.1, -0.05) is 6.58 Å². The molecular formula is C4H6O3. The van der Waals surface area contributed by atoms with Gasteiger partial charge in [0.2, 0.25) is 0 Å². The lowest BCUT2D eigenvalue weighted by molar-refractivity contribution is -0.145. The fourth-order valence-corrected chi connectivity index (χ4v) is 0.123. The predicted molar refractivity (Wildman–Crippen MR) is 23.4 cm³/mol. The average molecular weight is 102 g/mol. The highest BCUT2D eigenvalue weighted by molar-refractivity contribution is 5.81. The Bertz CT molecular complexity index is 77.0. The highest BCUT2D eigenvalue weighted by Gasteiger charge is 1.87. The third-order valence-electron chi connectivity index (χ3n) is 0.373. The van der Waals surface area contributed by atoms with E-state index in [1.54, 1.807) is 0 Å². The minimum absolute atomic E-state index is 0.579. The Labute approximate surface area is 41.2 Å². The molecule has 0 aliphatic heterocycles. The first-order valence-corrected chi connectivity index (χ1v) is 1.71. The molecule has 0 unspecified atom stereocenters. The molecule has 0 saturated heterocycles. The van der Waals surface area contributed by atoms with Crippen LogP contribution in [-0.2, 0) is 9.53 Å². The van der Waals surface area contributed by atoms with Gasteiger partial charge in [0.05, 0.1) is 0 Å².